The molecule has 0 saturated carbocycles. The van der Waals surface area contributed by atoms with Crippen LogP contribution in [-0.4, -0.2) is 0 Å². The third-order valence-corrected chi connectivity index (χ3v) is 0. The van der Waals surface area contributed by atoms with Gasteiger partial charge in [0.2, 0.25) is 0 Å². The Balaban J connectivity index is 0. The van der Waals surface area contributed by atoms with E-state index in [1.54, 1.807) is 0 Å². The van der Waals surface area contributed by atoms with E-state index in [4.69, 9.17) is 0 Å². The Morgan fingerprint density at radius 1 is 0.600 bits per heavy atom. The van der Waals surface area contributed by atoms with E-state index in [1.807, 2.05) is 0 Å². The van der Waals surface area contributed by atoms with Crippen LogP contribution in [0, 0.1) is 0 Å². The molecule has 0 rings (SSSR count). The zero-order valence-electron chi connectivity index (χ0n) is 2.13. The van der Waals surface area contributed by atoms with Crippen molar-refractivity contribution >= 4 is 0 Å². The average molecular weight is 280 g/mol. The molecule has 0 spiro atoms. The maximum Gasteiger partial charge on any atom is 4.00 e. The van der Waals surface area contributed by atoms with Crippen molar-refractivity contribution in [1.82, 2.24) is 0 Å². The van der Waals surface area contributed by atoms with E-state index in [0.29, 0.717) is 0 Å². The van der Waals surface area contributed by atoms with Gasteiger partial charge < -0.3 is 16.4 Å². The van der Waals surface area contributed by atoms with E-state index < -0.39 is 0 Å². The largest absolute Gasteiger partial charge is 4.00 e. The summed E-state index contributed by atoms with van der Waals surface area (Å²) >= 11 is 0. The van der Waals surface area contributed by atoms with Crippen LogP contribution >= 0.6 is 0 Å². The quantitative estimate of drug-likeness (QED) is 0.542. The van der Waals surface area contributed by atoms with Crippen molar-refractivity contribution in [3.8, 4) is 0 Å². The van der Waals surface area contributed by atoms with Gasteiger partial charge in [0, 0.05) is 21.1 Å². The molecule has 0 aromatic heterocycles. The molecule has 0 aliphatic heterocycles. The van der Waals surface area contributed by atoms with Gasteiger partial charge in [-0.1, -0.05) is 0 Å². The Bertz CT molecular complexity index is 6.85. The number of hydrogen-bond acceptors (Lipinski definition) is 0. The van der Waals surface area contributed by atoms with Crippen LogP contribution in [0.3, 0.4) is 0 Å². The first-order valence-corrected chi connectivity index (χ1v) is 0. The summed E-state index contributed by atoms with van der Waals surface area (Å²) in [5.41, 5.74) is 0. The first-order valence-electron chi connectivity index (χ1n) is 0. The van der Waals surface area contributed by atoms with Gasteiger partial charge in [0.05, 0.1) is 0 Å². The van der Waals surface area contributed by atoms with Crippen LogP contribution in [0.15, 0.2) is 0 Å². The van der Waals surface area contributed by atoms with Gasteiger partial charge in [0.25, 0.3) is 0 Å². The average Bonchev–Trinajstić information content (AvgIpc) is 0. The Hall–Kier alpha value is 1.28. The van der Waals surface area contributed by atoms with Gasteiger partial charge in [-0.15, -0.1) is 0 Å². The van der Waals surface area contributed by atoms with Gasteiger partial charge in [0.15, 0.2) is 0 Å². The molecule has 0 heterocycles. The predicted octanol–water partition coefficient (Wildman–Crippen LogP) is -0.361. The summed E-state index contributed by atoms with van der Waals surface area (Å²) in [6.07, 6.45) is 0. The molecule has 5 heteroatoms. The molecular weight excluding hydrogens is 280 g/mol. The molecule has 0 aromatic carbocycles. The van der Waals surface area contributed by atoms with Crippen LogP contribution in [0.25, 0.3) is 0 Å². The van der Waals surface area contributed by atoms with E-state index >= 15 is 0 Å². The molecule has 0 fully saturated rings. The normalized spacial score (nSPS) is 0. The topological polar surface area (TPSA) is 85.5 Å². The molecular formula is O3TiW-2. The predicted molar refractivity (Wildman–Crippen MR) is 2.06 cm³/mol. The van der Waals surface area contributed by atoms with E-state index in [0.717, 1.165) is 0 Å². The van der Waals surface area contributed by atoms with Gasteiger partial charge in [-0.3, -0.25) is 0 Å². The third-order valence-electron chi connectivity index (χ3n) is 0. The number of rotatable bonds is 0. The molecule has 0 aliphatic carbocycles. The second-order valence-electron chi connectivity index (χ2n) is 0. The third kappa shape index (κ3) is 34.6. The number of hydrogen-bond donors (Lipinski definition) is 0. The smallest absolute Gasteiger partial charge is 2.00 e. The van der Waals surface area contributed by atoms with Crippen LogP contribution < -0.4 is 0 Å². The molecule has 0 aliphatic rings. The van der Waals surface area contributed by atoms with Gasteiger partial charge in [-0.25, -0.2) is 0 Å². The van der Waals surface area contributed by atoms with Crippen LogP contribution in [0.1, 0.15) is 0 Å². The summed E-state index contributed by atoms with van der Waals surface area (Å²) in [6, 6.07) is 0. The van der Waals surface area contributed by atoms with Gasteiger partial charge in [-0.2, -0.15) is 0 Å². The summed E-state index contributed by atoms with van der Waals surface area (Å²) in [6.45, 7) is 0. The molecule has 5 heavy (non-hydrogen) atoms. The monoisotopic (exact) mass is 280 g/mol. The fourth-order valence-corrected chi connectivity index (χ4v) is 0. The van der Waals surface area contributed by atoms with Gasteiger partial charge >= 0.3 is 21.7 Å². The van der Waals surface area contributed by atoms with Crippen LogP contribution in [0.2, 0.25) is 0 Å². The van der Waals surface area contributed by atoms with Crippen molar-refractivity contribution in [3.63, 3.8) is 0 Å². The second kappa shape index (κ2) is 58.9. The molecule has 30 valence electrons. The SMILES string of the molecule is [O-2].[O-2].[O-2].[Ti+4].[W]. The Kier molecular flexibility index (Phi) is 1260. The van der Waals surface area contributed by atoms with E-state index in [2.05, 4.69) is 0 Å². The minimum Gasteiger partial charge on any atom is -2.00 e. The molecule has 0 unspecified atom stereocenters. The molecule has 0 radical (unpaired) electrons. The van der Waals surface area contributed by atoms with Crippen molar-refractivity contribution in [1.29, 1.82) is 0 Å². The fourth-order valence-electron chi connectivity index (χ4n) is 0. The van der Waals surface area contributed by atoms with Crippen molar-refractivity contribution in [2.24, 2.45) is 0 Å². The zero-order valence-corrected chi connectivity index (χ0v) is 6.63. The van der Waals surface area contributed by atoms with Crippen molar-refractivity contribution in [3.05, 3.63) is 0 Å². The summed E-state index contributed by atoms with van der Waals surface area (Å²) in [7, 11) is 0. The van der Waals surface area contributed by atoms with E-state index in [1.165, 1.54) is 0 Å². The Labute approximate surface area is 59.2 Å². The zero-order chi connectivity index (χ0) is 0. The maximum atomic E-state index is 0. The molecule has 0 atom stereocenters. The van der Waals surface area contributed by atoms with Crippen LogP contribution in [0.4, 0.5) is 0 Å². The fraction of sp³-hybridized carbons (Fsp3) is 0. The first-order chi connectivity index (χ1) is 0. The molecule has 0 bridgehead atoms. The molecule has 0 aromatic rings. The second-order valence-corrected chi connectivity index (χ2v) is 0. The minimum atomic E-state index is 0. The summed E-state index contributed by atoms with van der Waals surface area (Å²) in [5, 5.41) is 0. The van der Waals surface area contributed by atoms with Crippen molar-refractivity contribution in [2.45, 2.75) is 0 Å². The van der Waals surface area contributed by atoms with Crippen molar-refractivity contribution in [2.75, 3.05) is 0 Å². The van der Waals surface area contributed by atoms with Crippen LogP contribution in [0.5, 0.6) is 0 Å². The summed E-state index contributed by atoms with van der Waals surface area (Å²) in [4.78, 5) is 0. The maximum absolute atomic E-state index is 0. The molecule has 3 nitrogen and oxygen atoms in total. The minimum absolute atomic E-state index is 0. The van der Waals surface area contributed by atoms with Crippen molar-refractivity contribution < 1.29 is 59.2 Å². The van der Waals surface area contributed by atoms with Crippen LogP contribution in [-0.2, 0) is 59.2 Å². The molecule has 0 N–H and O–H groups in total. The summed E-state index contributed by atoms with van der Waals surface area (Å²) in [5.74, 6) is 0. The first kappa shape index (κ1) is 107. The standard InChI is InChI=1S/3O.Ti.W/q3*-2;+4;. The van der Waals surface area contributed by atoms with E-state index in [9.17, 15) is 0 Å². The molecule has 0 amide bonds. The van der Waals surface area contributed by atoms with Gasteiger partial charge in [-0.05, 0) is 0 Å². The Morgan fingerprint density at radius 3 is 0.600 bits per heavy atom. The summed E-state index contributed by atoms with van der Waals surface area (Å²) < 4.78 is 0. The van der Waals surface area contributed by atoms with Gasteiger partial charge in [0.1, 0.15) is 0 Å². The van der Waals surface area contributed by atoms with E-state index in [-0.39, 0.29) is 59.2 Å². The Morgan fingerprint density at radius 2 is 0.600 bits per heavy atom. The molecule has 0 saturated heterocycles.